The fourth-order valence-corrected chi connectivity index (χ4v) is 4.07. The van der Waals surface area contributed by atoms with Gasteiger partial charge in [0.15, 0.2) is 0 Å². The molecule has 0 aliphatic heterocycles. The third-order valence-electron chi connectivity index (χ3n) is 4.49. The Bertz CT molecular complexity index is 1160. The molecule has 4 rings (SSSR count). The lowest BCUT2D eigenvalue weighted by Gasteiger charge is -2.11. The lowest BCUT2D eigenvalue weighted by Crippen LogP contribution is -2.04. The van der Waals surface area contributed by atoms with Crippen LogP contribution in [0.5, 0.6) is 5.75 Å². The van der Waals surface area contributed by atoms with Gasteiger partial charge in [0.25, 0.3) is 0 Å². The minimum absolute atomic E-state index is 0.228. The number of benzene rings is 2. The van der Waals surface area contributed by atoms with Gasteiger partial charge in [-0.3, -0.25) is 0 Å². The summed E-state index contributed by atoms with van der Waals surface area (Å²) < 4.78 is 10.9. The molecule has 29 heavy (non-hydrogen) atoms. The Balaban J connectivity index is 1.63. The first-order valence-corrected chi connectivity index (χ1v) is 9.84. The summed E-state index contributed by atoms with van der Waals surface area (Å²) in [5.41, 5.74) is 2.52. The second-order valence-corrected chi connectivity index (χ2v) is 7.34. The molecular formula is C22H19N3O3S. The van der Waals surface area contributed by atoms with Gasteiger partial charge in [-0.05, 0) is 30.2 Å². The van der Waals surface area contributed by atoms with Crippen LogP contribution in [0.15, 0.2) is 60.9 Å². The van der Waals surface area contributed by atoms with Crippen molar-refractivity contribution in [2.75, 3.05) is 12.4 Å². The molecule has 2 aromatic heterocycles. The molecule has 0 saturated heterocycles. The molecular weight excluding hydrogens is 386 g/mol. The number of esters is 1. The van der Waals surface area contributed by atoms with Crippen molar-refractivity contribution in [2.45, 2.75) is 13.5 Å². The van der Waals surface area contributed by atoms with Crippen LogP contribution in [0.1, 0.15) is 20.8 Å². The Morgan fingerprint density at radius 1 is 1.07 bits per heavy atom. The van der Waals surface area contributed by atoms with Crippen LogP contribution < -0.4 is 10.1 Å². The fourth-order valence-electron chi connectivity index (χ4n) is 3.03. The maximum Gasteiger partial charge on any atom is 0.349 e. The molecule has 0 saturated carbocycles. The molecule has 0 fully saturated rings. The summed E-state index contributed by atoms with van der Waals surface area (Å²) in [5.74, 6) is 0.961. The van der Waals surface area contributed by atoms with Crippen LogP contribution in [0.3, 0.4) is 0 Å². The van der Waals surface area contributed by atoms with E-state index in [1.165, 1.54) is 17.7 Å². The van der Waals surface area contributed by atoms with Gasteiger partial charge >= 0.3 is 5.97 Å². The average molecular weight is 405 g/mol. The van der Waals surface area contributed by atoms with E-state index in [1.807, 2.05) is 61.5 Å². The molecule has 0 unspecified atom stereocenters. The zero-order chi connectivity index (χ0) is 20.2. The van der Waals surface area contributed by atoms with Crippen LogP contribution in [-0.4, -0.2) is 23.0 Å². The van der Waals surface area contributed by atoms with Crippen molar-refractivity contribution >= 4 is 39.0 Å². The largest absolute Gasteiger partial charge is 0.495 e. The van der Waals surface area contributed by atoms with Gasteiger partial charge in [-0.15, -0.1) is 11.3 Å². The van der Waals surface area contributed by atoms with E-state index in [0.717, 1.165) is 27.0 Å². The standard InChI is InChI=1S/C22H19N3O3S/c1-14-18-20(25-16-10-6-7-11-17(16)27-2)23-13-24-21(18)29-19(14)22(26)28-12-15-8-4-3-5-9-15/h3-11,13H,12H2,1-2H3,(H,23,24,25). The molecule has 0 atom stereocenters. The van der Waals surface area contributed by atoms with Crippen molar-refractivity contribution in [3.05, 3.63) is 76.9 Å². The first kappa shape index (κ1) is 18.9. The number of fused-ring (bicyclic) bond motifs is 1. The van der Waals surface area contributed by atoms with E-state index in [4.69, 9.17) is 9.47 Å². The lowest BCUT2D eigenvalue weighted by atomic mass is 10.2. The molecule has 0 radical (unpaired) electrons. The van der Waals surface area contributed by atoms with Gasteiger partial charge in [0.05, 0.1) is 18.2 Å². The number of ether oxygens (including phenoxy) is 2. The second kappa shape index (κ2) is 8.28. The Morgan fingerprint density at radius 3 is 2.62 bits per heavy atom. The van der Waals surface area contributed by atoms with Gasteiger partial charge in [0, 0.05) is 0 Å². The minimum Gasteiger partial charge on any atom is -0.495 e. The summed E-state index contributed by atoms with van der Waals surface area (Å²) in [6.07, 6.45) is 1.48. The van der Waals surface area contributed by atoms with E-state index >= 15 is 0 Å². The third-order valence-corrected chi connectivity index (χ3v) is 5.66. The van der Waals surface area contributed by atoms with Crippen LogP contribution in [-0.2, 0) is 11.3 Å². The SMILES string of the molecule is COc1ccccc1Nc1ncnc2sc(C(=O)OCc3ccccc3)c(C)c12. The lowest BCUT2D eigenvalue weighted by molar-refractivity contribution is 0.0478. The molecule has 1 N–H and O–H groups in total. The molecule has 0 spiro atoms. The van der Waals surface area contributed by atoms with Gasteiger partial charge in [0.1, 0.15) is 34.2 Å². The van der Waals surface area contributed by atoms with Crippen LogP contribution in [0.4, 0.5) is 11.5 Å². The summed E-state index contributed by atoms with van der Waals surface area (Å²) in [6.45, 7) is 2.11. The maximum atomic E-state index is 12.7. The summed E-state index contributed by atoms with van der Waals surface area (Å²) in [5, 5.41) is 4.10. The number of thiophene rings is 1. The van der Waals surface area contributed by atoms with Gasteiger partial charge in [-0.1, -0.05) is 42.5 Å². The summed E-state index contributed by atoms with van der Waals surface area (Å²) in [6, 6.07) is 17.2. The highest BCUT2D eigenvalue weighted by atomic mass is 32.1. The van der Waals surface area contributed by atoms with Crippen molar-refractivity contribution in [1.29, 1.82) is 0 Å². The Labute approximate surface area is 172 Å². The number of para-hydroxylation sites is 2. The Kier molecular flexibility index (Phi) is 5.39. The molecule has 2 heterocycles. The van der Waals surface area contributed by atoms with Crippen molar-refractivity contribution < 1.29 is 14.3 Å². The predicted octanol–water partition coefficient (Wildman–Crippen LogP) is 5.11. The first-order chi connectivity index (χ1) is 14.2. The quantitative estimate of drug-likeness (QED) is 0.450. The highest BCUT2D eigenvalue weighted by Gasteiger charge is 2.21. The zero-order valence-corrected chi connectivity index (χ0v) is 16.8. The maximum absolute atomic E-state index is 12.7. The minimum atomic E-state index is -0.363. The number of rotatable bonds is 6. The van der Waals surface area contributed by atoms with Crippen LogP contribution in [0.25, 0.3) is 10.2 Å². The van der Waals surface area contributed by atoms with Gasteiger partial charge < -0.3 is 14.8 Å². The number of hydrogen-bond donors (Lipinski definition) is 1. The molecule has 2 aromatic carbocycles. The van der Waals surface area contributed by atoms with Crippen LogP contribution in [0, 0.1) is 6.92 Å². The first-order valence-electron chi connectivity index (χ1n) is 9.02. The smallest absolute Gasteiger partial charge is 0.349 e. The number of carbonyl (C=O) groups excluding carboxylic acids is 1. The van der Waals surface area contributed by atoms with Crippen molar-refractivity contribution in [2.24, 2.45) is 0 Å². The van der Waals surface area contributed by atoms with E-state index in [-0.39, 0.29) is 12.6 Å². The van der Waals surface area contributed by atoms with Gasteiger partial charge in [0.2, 0.25) is 0 Å². The Hall–Kier alpha value is -3.45. The summed E-state index contributed by atoms with van der Waals surface area (Å²) >= 11 is 1.30. The van der Waals surface area contributed by atoms with E-state index in [1.54, 1.807) is 7.11 Å². The van der Waals surface area contributed by atoms with Crippen molar-refractivity contribution in [3.8, 4) is 5.75 Å². The highest BCUT2D eigenvalue weighted by molar-refractivity contribution is 7.20. The zero-order valence-electron chi connectivity index (χ0n) is 16.0. The number of methoxy groups -OCH3 is 1. The highest BCUT2D eigenvalue weighted by Crippen LogP contribution is 2.36. The normalized spacial score (nSPS) is 10.7. The number of aromatic nitrogens is 2. The van der Waals surface area contributed by atoms with Gasteiger partial charge in [-0.25, -0.2) is 14.8 Å². The topological polar surface area (TPSA) is 73.3 Å². The number of nitrogens with one attached hydrogen (secondary N) is 1. The molecule has 4 aromatic rings. The molecule has 6 nitrogen and oxygen atoms in total. The second-order valence-electron chi connectivity index (χ2n) is 6.35. The van der Waals surface area contributed by atoms with E-state index < -0.39 is 0 Å². The van der Waals surface area contributed by atoms with Crippen LogP contribution in [0.2, 0.25) is 0 Å². The van der Waals surface area contributed by atoms with Crippen LogP contribution >= 0.6 is 11.3 Å². The number of anilines is 2. The van der Waals surface area contributed by atoms with E-state index in [2.05, 4.69) is 15.3 Å². The number of aryl methyl sites for hydroxylation is 1. The average Bonchev–Trinajstić information content (AvgIpc) is 3.11. The molecule has 146 valence electrons. The number of carbonyl (C=O) groups is 1. The van der Waals surface area contributed by atoms with Crippen molar-refractivity contribution in [3.63, 3.8) is 0 Å². The number of hydrogen-bond acceptors (Lipinski definition) is 7. The summed E-state index contributed by atoms with van der Waals surface area (Å²) in [4.78, 5) is 22.6. The molecule has 0 bridgehead atoms. The molecule has 0 aliphatic carbocycles. The number of nitrogens with zero attached hydrogens (tertiary/aromatic N) is 2. The van der Waals surface area contributed by atoms with E-state index in [9.17, 15) is 4.79 Å². The fraction of sp³-hybridized carbons (Fsp3) is 0.136. The van der Waals surface area contributed by atoms with Gasteiger partial charge in [-0.2, -0.15) is 0 Å². The molecule has 7 heteroatoms. The summed E-state index contributed by atoms with van der Waals surface area (Å²) in [7, 11) is 1.62. The molecule has 0 aliphatic rings. The third kappa shape index (κ3) is 3.90. The predicted molar refractivity (Wildman–Crippen MR) is 114 cm³/mol. The molecule has 0 amide bonds. The van der Waals surface area contributed by atoms with E-state index in [0.29, 0.717) is 16.4 Å². The van der Waals surface area contributed by atoms with Crippen molar-refractivity contribution in [1.82, 2.24) is 9.97 Å². The monoisotopic (exact) mass is 405 g/mol. The Morgan fingerprint density at radius 2 is 1.83 bits per heavy atom.